The summed E-state index contributed by atoms with van der Waals surface area (Å²) in [5.41, 5.74) is 0.597. The number of hydrogen-bond donors (Lipinski definition) is 0. The van der Waals surface area contributed by atoms with Gasteiger partial charge in [-0.1, -0.05) is 12.2 Å². The molecule has 3 aliphatic rings. The molecule has 1 aliphatic carbocycles. The van der Waals surface area contributed by atoms with Gasteiger partial charge in [-0.3, -0.25) is 4.79 Å². The summed E-state index contributed by atoms with van der Waals surface area (Å²) in [5, 5.41) is 0. The van der Waals surface area contributed by atoms with Gasteiger partial charge in [-0.25, -0.2) is 18.4 Å². The van der Waals surface area contributed by atoms with E-state index in [0.29, 0.717) is 76.2 Å². The minimum Gasteiger partial charge on any atom is -0.378 e. The first-order valence-electron chi connectivity index (χ1n) is 10.8. The molecule has 1 amide bonds. The maximum Gasteiger partial charge on any atom is 0.225 e. The molecule has 2 aliphatic heterocycles. The zero-order valence-corrected chi connectivity index (χ0v) is 18.3. The van der Waals surface area contributed by atoms with Crippen LogP contribution in [0.5, 0.6) is 0 Å². The minimum atomic E-state index is -3.43. The average Bonchev–Trinajstić information content (AvgIpc) is 3.26. The van der Waals surface area contributed by atoms with Crippen molar-refractivity contribution in [2.45, 2.75) is 42.9 Å². The number of amides is 1. The Bertz CT molecular complexity index is 904. The van der Waals surface area contributed by atoms with Gasteiger partial charge in [0.15, 0.2) is 9.84 Å². The predicted molar refractivity (Wildman–Crippen MR) is 113 cm³/mol. The van der Waals surface area contributed by atoms with E-state index in [9.17, 15) is 13.2 Å². The first-order chi connectivity index (χ1) is 14.4. The molecule has 2 saturated heterocycles. The number of morpholine rings is 1. The van der Waals surface area contributed by atoms with Gasteiger partial charge in [0.05, 0.1) is 25.1 Å². The second-order valence-corrected chi connectivity index (χ2v) is 10.4. The van der Waals surface area contributed by atoms with Gasteiger partial charge in [0.1, 0.15) is 4.90 Å². The highest BCUT2D eigenvalue weighted by Gasteiger charge is 2.30. The SMILES string of the molecule is CS(=O)(=O)c1cnc(N2CCOCC2)nc1C1CCN(C(=O)CC2C=CCC2)CC1. The van der Waals surface area contributed by atoms with Crippen molar-refractivity contribution >= 4 is 21.7 Å². The van der Waals surface area contributed by atoms with Crippen LogP contribution in [0.1, 0.15) is 43.7 Å². The Kier molecular flexibility index (Phi) is 6.38. The van der Waals surface area contributed by atoms with Crippen molar-refractivity contribution < 1.29 is 17.9 Å². The molecule has 0 bridgehead atoms. The molecule has 1 aromatic rings. The molecule has 0 saturated carbocycles. The van der Waals surface area contributed by atoms with Crippen LogP contribution >= 0.6 is 0 Å². The second-order valence-electron chi connectivity index (χ2n) is 8.42. The number of allylic oxidation sites excluding steroid dienone is 2. The number of carbonyl (C=O) groups excluding carboxylic acids is 1. The zero-order chi connectivity index (χ0) is 21.1. The van der Waals surface area contributed by atoms with Crippen LogP contribution in [-0.2, 0) is 19.4 Å². The van der Waals surface area contributed by atoms with Crippen molar-refractivity contribution in [1.29, 1.82) is 0 Å². The third-order valence-corrected chi connectivity index (χ3v) is 7.36. The molecule has 0 radical (unpaired) electrons. The Morgan fingerprint density at radius 2 is 1.90 bits per heavy atom. The molecule has 164 valence electrons. The molecule has 30 heavy (non-hydrogen) atoms. The van der Waals surface area contributed by atoms with E-state index in [2.05, 4.69) is 17.1 Å². The summed E-state index contributed by atoms with van der Waals surface area (Å²) >= 11 is 0. The molecule has 8 nitrogen and oxygen atoms in total. The van der Waals surface area contributed by atoms with Gasteiger partial charge in [0.25, 0.3) is 0 Å². The highest BCUT2D eigenvalue weighted by molar-refractivity contribution is 7.90. The quantitative estimate of drug-likeness (QED) is 0.652. The number of piperidine rings is 1. The largest absolute Gasteiger partial charge is 0.378 e. The van der Waals surface area contributed by atoms with E-state index in [1.807, 2.05) is 9.80 Å². The van der Waals surface area contributed by atoms with Gasteiger partial charge < -0.3 is 14.5 Å². The Hall–Kier alpha value is -2.00. The summed E-state index contributed by atoms with van der Waals surface area (Å²) in [6, 6.07) is 0. The van der Waals surface area contributed by atoms with E-state index >= 15 is 0 Å². The van der Waals surface area contributed by atoms with Crippen molar-refractivity contribution in [1.82, 2.24) is 14.9 Å². The Labute approximate surface area is 178 Å². The lowest BCUT2D eigenvalue weighted by Gasteiger charge is -2.33. The molecule has 0 N–H and O–H groups in total. The summed E-state index contributed by atoms with van der Waals surface area (Å²) in [6.07, 6.45) is 11.1. The van der Waals surface area contributed by atoms with E-state index in [1.54, 1.807) is 0 Å². The Balaban J connectivity index is 1.48. The number of anilines is 1. The molecular formula is C21H30N4O4S. The summed E-state index contributed by atoms with van der Waals surface area (Å²) < 4.78 is 30.1. The highest BCUT2D eigenvalue weighted by Crippen LogP contribution is 2.33. The third kappa shape index (κ3) is 4.83. The molecule has 9 heteroatoms. The van der Waals surface area contributed by atoms with Crippen LogP contribution in [0.15, 0.2) is 23.2 Å². The van der Waals surface area contributed by atoms with Gasteiger partial charge >= 0.3 is 0 Å². The van der Waals surface area contributed by atoms with Crippen LogP contribution in [0.2, 0.25) is 0 Å². The normalized spacial score (nSPS) is 23.2. The van der Waals surface area contributed by atoms with Gasteiger partial charge in [-0.15, -0.1) is 0 Å². The van der Waals surface area contributed by atoms with E-state index in [-0.39, 0.29) is 16.7 Å². The molecular weight excluding hydrogens is 404 g/mol. The second kappa shape index (κ2) is 9.01. The smallest absolute Gasteiger partial charge is 0.225 e. The number of rotatable bonds is 5. The van der Waals surface area contributed by atoms with Crippen LogP contribution in [0.3, 0.4) is 0 Å². The Morgan fingerprint density at radius 3 is 2.53 bits per heavy atom. The van der Waals surface area contributed by atoms with E-state index in [1.165, 1.54) is 12.5 Å². The van der Waals surface area contributed by atoms with Crippen molar-refractivity contribution in [3.63, 3.8) is 0 Å². The fraction of sp³-hybridized carbons (Fsp3) is 0.667. The molecule has 3 heterocycles. The number of nitrogens with zero attached hydrogens (tertiary/aromatic N) is 4. The third-order valence-electron chi connectivity index (χ3n) is 6.25. The van der Waals surface area contributed by atoms with Crippen LogP contribution in [0.4, 0.5) is 5.95 Å². The molecule has 1 atom stereocenters. The van der Waals surface area contributed by atoms with Crippen molar-refractivity contribution in [2.75, 3.05) is 50.5 Å². The highest BCUT2D eigenvalue weighted by atomic mass is 32.2. The standard InChI is InChI=1S/C21H30N4O4S/c1-30(27,28)18-15-22-21(25-10-12-29-13-11-25)23-20(18)17-6-8-24(9-7-17)19(26)14-16-4-2-3-5-16/h2,4,15-17H,3,5-14H2,1H3. The predicted octanol–water partition coefficient (Wildman–Crippen LogP) is 1.78. The topological polar surface area (TPSA) is 92.7 Å². The van der Waals surface area contributed by atoms with E-state index < -0.39 is 9.84 Å². The Morgan fingerprint density at radius 1 is 1.17 bits per heavy atom. The zero-order valence-electron chi connectivity index (χ0n) is 17.5. The average molecular weight is 435 g/mol. The van der Waals surface area contributed by atoms with Crippen LogP contribution in [0, 0.1) is 5.92 Å². The summed E-state index contributed by atoms with van der Waals surface area (Å²) in [6.45, 7) is 3.90. The van der Waals surface area contributed by atoms with E-state index in [0.717, 1.165) is 12.8 Å². The fourth-order valence-electron chi connectivity index (χ4n) is 4.49. The van der Waals surface area contributed by atoms with Crippen LogP contribution < -0.4 is 4.90 Å². The lowest BCUT2D eigenvalue weighted by Crippen LogP contribution is -2.39. The molecule has 2 fully saturated rings. The molecule has 0 aromatic carbocycles. The molecule has 1 unspecified atom stereocenters. The van der Waals surface area contributed by atoms with Crippen LogP contribution in [-0.4, -0.2) is 74.8 Å². The van der Waals surface area contributed by atoms with Gasteiger partial charge in [0.2, 0.25) is 11.9 Å². The van der Waals surface area contributed by atoms with Gasteiger partial charge in [-0.2, -0.15) is 0 Å². The summed E-state index contributed by atoms with van der Waals surface area (Å²) in [4.78, 5) is 25.8. The summed E-state index contributed by atoms with van der Waals surface area (Å²) in [7, 11) is -3.43. The van der Waals surface area contributed by atoms with Crippen LogP contribution in [0.25, 0.3) is 0 Å². The van der Waals surface area contributed by atoms with Crippen molar-refractivity contribution in [3.8, 4) is 0 Å². The fourth-order valence-corrected chi connectivity index (χ4v) is 5.33. The molecule has 0 spiro atoms. The number of sulfone groups is 1. The number of aromatic nitrogens is 2. The van der Waals surface area contributed by atoms with Crippen molar-refractivity contribution in [3.05, 3.63) is 24.0 Å². The minimum absolute atomic E-state index is 0.00735. The number of hydrogen-bond acceptors (Lipinski definition) is 7. The first kappa shape index (κ1) is 21.2. The molecule has 1 aromatic heterocycles. The lowest BCUT2D eigenvalue weighted by molar-refractivity contribution is -0.132. The number of ether oxygens (including phenoxy) is 1. The maximum atomic E-state index is 12.6. The van der Waals surface area contributed by atoms with Gasteiger partial charge in [-0.05, 0) is 31.6 Å². The van der Waals surface area contributed by atoms with Gasteiger partial charge in [0, 0.05) is 44.8 Å². The number of likely N-dealkylation sites (tertiary alicyclic amines) is 1. The van der Waals surface area contributed by atoms with E-state index in [4.69, 9.17) is 9.72 Å². The monoisotopic (exact) mass is 434 g/mol. The summed E-state index contributed by atoms with van der Waals surface area (Å²) in [5.74, 6) is 1.13. The lowest BCUT2D eigenvalue weighted by atomic mass is 9.92. The number of carbonyl (C=O) groups is 1. The first-order valence-corrected chi connectivity index (χ1v) is 12.6. The maximum absolute atomic E-state index is 12.6. The van der Waals surface area contributed by atoms with Crippen molar-refractivity contribution in [2.24, 2.45) is 5.92 Å². The molecule has 4 rings (SSSR count).